The zero-order chi connectivity index (χ0) is 13.4. The van der Waals surface area contributed by atoms with E-state index in [4.69, 9.17) is 0 Å². The molecule has 18 heavy (non-hydrogen) atoms. The highest BCUT2D eigenvalue weighted by molar-refractivity contribution is 5.78. The number of hydrogen-bond acceptors (Lipinski definition) is 2. The summed E-state index contributed by atoms with van der Waals surface area (Å²) < 4.78 is 0. The Morgan fingerprint density at radius 2 is 1.83 bits per heavy atom. The van der Waals surface area contributed by atoms with E-state index in [-0.39, 0.29) is 11.4 Å². The summed E-state index contributed by atoms with van der Waals surface area (Å²) in [6, 6.07) is 10.4. The fraction of sp³-hybridized carbons (Fsp3) is 0.533. The molecule has 0 bridgehead atoms. The summed E-state index contributed by atoms with van der Waals surface area (Å²) in [6.07, 6.45) is 2.10. The molecule has 0 aliphatic heterocycles. The molecular formula is C15H24N2O. The monoisotopic (exact) mass is 248 g/mol. The first-order valence-electron chi connectivity index (χ1n) is 6.53. The van der Waals surface area contributed by atoms with Crippen LogP contribution >= 0.6 is 0 Å². The summed E-state index contributed by atoms with van der Waals surface area (Å²) >= 11 is 0. The Bertz CT molecular complexity index is 355. The van der Waals surface area contributed by atoms with Crippen LogP contribution in [-0.4, -0.2) is 24.5 Å². The van der Waals surface area contributed by atoms with E-state index in [0.29, 0.717) is 6.54 Å². The van der Waals surface area contributed by atoms with Gasteiger partial charge in [-0.3, -0.25) is 4.79 Å². The van der Waals surface area contributed by atoms with Gasteiger partial charge in [-0.05, 0) is 45.7 Å². The Morgan fingerprint density at radius 1 is 1.17 bits per heavy atom. The molecule has 0 saturated carbocycles. The molecule has 2 N–H and O–H groups in total. The zero-order valence-electron chi connectivity index (χ0n) is 11.6. The molecule has 0 spiro atoms. The van der Waals surface area contributed by atoms with Gasteiger partial charge in [-0.1, -0.05) is 30.3 Å². The van der Waals surface area contributed by atoms with Gasteiger partial charge in [0.2, 0.25) is 5.91 Å². The third-order valence-corrected chi connectivity index (χ3v) is 2.46. The summed E-state index contributed by atoms with van der Waals surface area (Å²) in [5.41, 5.74) is 1.20. The van der Waals surface area contributed by atoms with Crippen molar-refractivity contribution < 1.29 is 4.79 Å². The van der Waals surface area contributed by atoms with Crippen LogP contribution in [0.25, 0.3) is 0 Å². The lowest BCUT2D eigenvalue weighted by Gasteiger charge is -2.20. The van der Waals surface area contributed by atoms with Crippen LogP contribution in [0.15, 0.2) is 30.3 Å². The van der Waals surface area contributed by atoms with Crippen molar-refractivity contribution in [1.29, 1.82) is 0 Å². The number of hydrogen-bond donors (Lipinski definition) is 2. The molecule has 0 radical (unpaired) electrons. The number of aryl methyl sites for hydroxylation is 1. The third-order valence-electron chi connectivity index (χ3n) is 2.46. The minimum atomic E-state index is -0.150. The van der Waals surface area contributed by atoms with Gasteiger partial charge in [0.05, 0.1) is 6.54 Å². The summed E-state index contributed by atoms with van der Waals surface area (Å²) in [7, 11) is 0. The number of nitrogens with one attached hydrogen (secondary N) is 2. The van der Waals surface area contributed by atoms with Crippen molar-refractivity contribution in [2.75, 3.05) is 13.1 Å². The molecular weight excluding hydrogens is 224 g/mol. The molecule has 0 aromatic heterocycles. The first-order valence-corrected chi connectivity index (χ1v) is 6.53. The summed E-state index contributed by atoms with van der Waals surface area (Å²) in [5, 5.41) is 6.09. The highest BCUT2D eigenvalue weighted by atomic mass is 16.2. The van der Waals surface area contributed by atoms with Gasteiger partial charge in [-0.25, -0.2) is 0 Å². The summed E-state index contributed by atoms with van der Waals surface area (Å²) in [5.74, 6) is 0.0576. The molecule has 0 saturated heterocycles. The summed E-state index contributed by atoms with van der Waals surface area (Å²) in [6.45, 7) is 7.22. The predicted molar refractivity (Wildman–Crippen MR) is 75.5 cm³/mol. The molecule has 1 aromatic rings. The van der Waals surface area contributed by atoms with Crippen LogP contribution in [0.5, 0.6) is 0 Å². The van der Waals surface area contributed by atoms with Gasteiger partial charge in [0, 0.05) is 5.54 Å². The maximum Gasteiger partial charge on any atom is 0.234 e. The highest BCUT2D eigenvalue weighted by Crippen LogP contribution is 2.01. The van der Waals surface area contributed by atoms with Gasteiger partial charge in [-0.2, -0.15) is 0 Å². The van der Waals surface area contributed by atoms with Gasteiger partial charge < -0.3 is 10.6 Å². The second-order valence-corrected chi connectivity index (χ2v) is 5.56. The Labute approximate surface area is 110 Å². The molecule has 0 aliphatic carbocycles. The quantitative estimate of drug-likeness (QED) is 0.757. The average molecular weight is 248 g/mol. The van der Waals surface area contributed by atoms with E-state index in [2.05, 4.69) is 34.9 Å². The van der Waals surface area contributed by atoms with Crippen LogP contribution in [0.4, 0.5) is 0 Å². The fourth-order valence-electron chi connectivity index (χ4n) is 1.73. The van der Waals surface area contributed by atoms with Crippen LogP contribution in [-0.2, 0) is 11.2 Å². The normalized spacial score (nSPS) is 11.3. The van der Waals surface area contributed by atoms with E-state index < -0.39 is 0 Å². The SMILES string of the molecule is CC(C)(C)NC(=O)CNCCCc1ccccc1. The molecule has 1 amide bonds. The van der Waals surface area contributed by atoms with Gasteiger partial charge in [-0.15, -0.1) is 0 Å². The summed E-state index contributed by atoms with van der Waals surface area (Å²) in [4.78, 5) is 11.5. The molecule has 1 aromatic carbocycles. The maximum atomic E-state index is 11.5. The van der Waals surface area contributed by atoms with E-state index in [9.17, 15) is 4.79 Å². The molecule has 0 aliphatic rings. The topological polar surface area (TPSA) is 41.1 Å². The maximum absolute atomic E-state index is 11.5. The van der Waals surface area contributed by atoms with Gasteiger partial charge in [0.25, 0.3) is 0 Å². The van der Waals surface area contributed by atoms with Crippen LogP contribution in [0, 0.1) is 0 Å². The van der Waals surface area contributed by atoms with Crippen LogP contribution < -0.4 is 10.6 Å². The van der Waals surface area contributed by atoms with Crippen molar-refractivity contribution in [3.8, 4) is 0 Å². The van der Waals surface area contributed by atoms with Crippen molar-refractivity contribution in [2.24, 2.45) is 0 Å². The number of amides is 1. The van der Waals surface area contributed by atoms with Crippen molar-refractivity contribution in [3.63, 3.8) is 0 Å². The second kappa shape index (κ2) is 7.17. The lowest BCUT2D eigenvalue weighted by atomic mass is 10.1. The lowest BCUT2D eigenvalue weighted by molar-refractivity contribution is -0.121. The van der Waals surface area contributed by atoms with E-state index in [1.54, 1.807) is 0 Å². The Kier molecular flexibility index (Phi) is 5.86. The van der Waals surface area contributed by atoms with E-state index in [1.165, 1.54) is 5.56 Å². The van der Waals surface area contributed by atoms with E-state index in [1.807, 2.05) is 26.8 Å². The highest BCUT2D eigenvalue weighted by Gasteiger charge is 2.12. The largest absolute Gasteiger partial charge is 0.350 e. The first-order chi connectivity index (χ1) is 8.47. The van der Waals surface area contributed by atoms with E-state index >= 15 is 0 Å². The van der Waals surface area contributed by atoms with Gasteiger partial charge in [0.1, 0.15) is 0 Å². The van der Waals surface area contributed by atoms with Crippen molar-refractivity contribution >= 4 is 5.91 Å². The van der Waals surface area contributed by atoms with Crippen molar-refractivity contribution in [2.45, 2.75) is 39.2 Å². The fourth-order valence-corrected chi connectivity index (χ4v) is 1.73. The minimum Gasteiger partial charge on any atom is -0.350 e. The van der Waals surface area contributed by atoms with E-state index in [0.717, 1.165) is 19.4 Å². The van der Waals surface area contributed by atoms with Crippen LogP contribution in [0.1, 0.15) is 32.8 Å². The molecule has 0 heterocycles. The molecule has 0 fully saturated rings. The Balaban J connectivity index is 2.07. The number of benzene rings is 1. The van der Waals surface area contributed by atoms with Crippen molar-refractivity contribution in [1.82, 2.24) is 10.6 Å². The molecule has 0 unspecified atom stereocenters. The molecule has 1 rings (SSSR count). The molecule has 0 atom stereocenters. The smallest absolute Gasteiger partial charge is 0.234 e. The average Bonchev–Trinajstić information content (AvgIpc) is 2.27. The van der Waals surface area contributed by atoms with Crippen molar-refractivity contribution in [3.05, 3.63) is 35.9 Å². The Morgan fingerprint density at radius 3 is 2.44 bits per heavy atom. The van der Waals surface area contributed by atoms with Gasteiger partial charge >= 0.3 is 0 Å². The Hall–Kier alpha value is -1.35. The van der Waals surface area contributed by atoms with Crippen LogP contribution in [0.2, 0.25) is 0 Å². The number of carbonyl (C=O) groups is 1. The van der Waals surface area contributed by atoms with Crippen LogP contribution in [0.3, 0.4) is 0 Å². The first kappa shape index (κ1) is 14.7. The molecule has 3 nitrogen and oxygen atoms in total. The third kappa shape index (κ3) is 7.07. The van der Waals surface area contributed by atoms with Gasteiger partial charge in [0.15, 0.2) is 0 Å². The number of rotatable bonds is 6. The standard InChI is InChI=1S/C15H24N2O/c1-15(2,3)17-14(18)12-16-11-7-10-13-8-5-4-6-9-13/h4-6,8-9,16H,7,10-12H2,1-3H3,(H,17,18). The second-order valence-electron chi connectivity index (χ2n) is 5.56. The molecule has 100 valence electrons. The lowest BCUT2D eigenvalue weighted by Crippen LogP contribution is -2.45. The predicted octanol–water partition coefficient (Wildman–Crippen LogP) is 2.12. The minimum absolute atomic E-state index is 0.0576. The zero-order valence-corrected chi connectivity index (χ0v) is 11.6. The number of carbonyl (C=O) groups excluding carboxylic acids is 1. The molecule has 3 heteroatoms.